The minimum absolute atomic E-state index is 0.0612. The molecule has 1 aromatic heterocycles. The molecular formula is C8H8FNO3. The molecule has 0 aliphatic carbocycles. The number of hydrogen-bond acceptors (Lipinski definition) is 4. The molecule has 1 heterocycles. The van der Waals surface area contributed by atoms with Crippen LogP contribution in [0.4, 0.5) is 4.39 Å². The Morgan fingerprint density at radius 3 is 2.62 bits per heavy atom. The van der Waals surface area contributed by atoms with Gasteiger partial charge in [-0.3, -0.25) is 4.79 Å². The fourth-order valence-electron chi connectivity index (χ4n) is 0.833. The van der Waals surface area contributed by atoms with Crippen LogP contribution in [-0.4, -0.2) is 25.5 Å². The minimum Gasteiger partial charge on any atom is -0.493 e. The smallest absolute Gasteiger partial charge is 0.217 e. The maximum Gasteiger partial charge on any atom is 0.217 e. The number of aldehydes is 1. The van der Waals surface area contributed by atoms with Crippen molar-refractivity contribution < 1.29 is 18.7 Å². The van der Waals surface area contributed by atoms with Gasteiger partial charge in [0, 0.05) is 6.07 Å². The molecule has 4 nitrogen and oxygen atoms in total. The molecule has 0 aliphatic heterocycles. The van der Waals surface area contributed by atoms with Crippen molar-refractivity contribution in [2.75, 3.05) is 14.2 Å². The van der Waals surface area contributed by atoms with Crippen LogP contribution in [0.3, 0.4) is 0 Å². The first-order chi connectivity index (χ1) is 6.22. The summed E-state index contributed by atoms with van der Waals surface area (Å²) in [7, 11) is 2.67. The van der Waals surface area contributed by atoms with Crippen molar-refractivity contribution in [3.8, 4) is 11.6 Å². The van der Waals surface area contributed by atoms with E-state index in [0.717, 1.165) is 0 Å². The second-order valence-corrected chi connectivity index (χ2v) is 2.18. The van der Waals surface area contributed by atoms with Crippen molar-refractivity contribution in [1.82, 2.24) is 4.98 Å². The Morgan fingerprint density at radius 1 is 1.46 bits per heavy atom. The summed E-state index contributed by atoms with van der Waals surface area (Å²) in [6.45, 7) is 0. The van der Waals surface area contributed by atoms with E-state index in [1.807, 2.05) is 0 Å². The van der Waals surface area contributed by atoms with Gasteiger partial charge >= 0.3 is 0 Å². The Morgan fingerprint density at radius 2 is 2.15 bits per heavy atom. The van der Waals surface area contributed by atoms with Crippen LogP contribution in [0.25, 0.3) is 0 Å². The zero-order valence-corrected chi connectivity index (χ0v) is 7.20. The average molecular weight is 185 g/mol. The number of aromatic nitrogens is 1. The number of rotatable bonds is 3. The van der Waals surface area contributed by atoms with Crippen molar-refractivity contribution in [3.05, 3.63) is 17.6 Å². The van der Waals surface area contributed by atoms with E-state index in [9.17, 15) is 9.18 Å². The van der Waals surface area contributed by atoms with Crippen LogP contribution < -0.4 is 9.47 Å². The van der Waals surface area contributed by atoms with E-state index in [4.69, 9.17) is 4.74 Å². The molecule has 0 atom stereocenters. The van der Waals surface area contributed by atoms with Crippen molar-refractivity contribution in [3.63, 3.8) is 0 Å². The molecule has 0 N–H and O–H groups in total. The lowest BCUT2D eigenvalue weighted by Crippen LogP contribution is -1.99. The third-order valence-electron chi connectivity index (χ3n) is 1.47. The quantitative estimate of drug-likeness (QED) is 0.660. The Bertz CT molecular complexity index is 327. The van der Waals surface area contributed by atoms with Gasteiger partial charge in [-0.1, -0.05) is 0 Å². The standard InChI is InChI=1S/C8H8FNO3/c1-12-6-3-7(13-2)10-5(4-11)8(6)9/h3-4H,1-2H3. The highest BCUT2D eigenvalue weighted by molar-refractivity contribution is 5.73. The molecule has 0 amide bonds. The van der Waals surface area contributed by atoms with Gasteiger partial charge in [0.15, 0.2) is 17.9 Å². The summed E-state index contributed by atoms with van der Waals surface area (Å²) < 4.78 is 22.5. The van der Waals surface area contributed by atoms with Crippen LogP contribution >= 0.6 is 0 Å². The average Bonchev–Trinajstić information content (AvgIpc) is 2.18. The van der Waals surface area contributed by atoms with Crippen molar-refractivity contribution in [1.29, 1.82) is 0 Å². The van der Waals surface area contributed by atoms with E-state index in [1.54, 1.807) is 0 Å². The minimum atomic E-state index is -0.779. The van der Waals surface area contributed by atoms with E-state index in [1.165, 1.54) is 20.3 Å². The molecule has 0 aliphatic rings. The summed E-state index contributed by atoms with van der Waals surface area (Å²) >= 11 is 0. The molecule has 0 bridgehead atoms. The van der Waals surface area contributed by atoms with E-state index >= 15 is 0 Å². The van der Waals surface area contributed by atoms with Crippen molar-refractivity contribution in [2.45, 2.75) is 0 Å². The van der Waals surface area contributed by atoms with Crippen LogP contribution in [0.1, 0.15) is 10.5 Å². The number of carbonyl (C=O) groups excluding carboxylic acids is 1. The normalized spacial score (nSPS) is 9.46. The molecule has 0 spiro atoms. The molecule has 0 radical (unpaired) electrons. The lowest BCUT2D eigenvalue weighted by atomic mass is 10.3. The molecule has 0 saturated carbocycles. The summed E-state index contributed by atoms with van der Waals surface area (Å²) in [5.74, 6) is -0.701. The van der Waals surface area contributed by atoms with Gasteiger partial charge < -0.3 is 9.47 Å². The van der Waals surface area contributed by atoms with Crippen LogP contribution in [-0.2, 0) is 0 Å². The number of ether oxygens (including phenoxy) is 2. The lowest BCUT2D eigenvalue weighted by Gasteiger charge is -2.05. The van der Waals surface area contributed by atoms with E-state index in [2.05, 4.69) is 9.72 Å². The summed E-state index contributed by atoms with van der Waals surface area (Å²) in [5, 5.41) is 0. The Balaban J connectivity index is 3.28. The largest absolute Gasteiger partial charge is 0.493 e. The third-order valence-corrected chi connectivity index (χ3v) is 1.47. The van der Waals surface area contributed by atoms with E-state index < -0.39 is 5.82 Å². The Hall–Kier alpha value is -1.65. The zero-order valence-electron chi connectivity index (χ0n) is 7.20. The van der Waals surface area contributed by atoms with Gasteiger partial charge in [-0.05, 0) is 0 Å². The summed E-state index contributed by atoms with van der Waals surface area (Å²) in [6, 6.07) is 1.27. The predicted molar refractivity (Wildman–Crippen MR) is 42.7 cm³/mol. The summed E-state index contributed by atoms with van der Waals surface area (Å²) in [5.41, 5.74) is -0.323. The first kappa shape index (κ1) is 9.44. The number of halogens is 1. The van der Waals surface area contributed by atoms with Gasteiger partial charge in [-0.25, -0.2) is 9.37 Å². The van der Waals surface area contributed by atoms with Crippen LogP contribution in [0.2, 0.25) is 0 Å². The maximum absolute atomic E-state index is 13.1. The van der Waals surface area contributed by atoms with Gasteiger partial charge in [-0.15, -0.1) is 0 Å². The first-order valence-corrected chi connectivity index (χ1v) is 3.46. The molecule has 70 valence electrons. The second-order valence-electron chi connectivity index (χ2n) is 2.18. The van der Waals surface area contributed by atoms with Gasteiger partial charge in [-0.2, -0.15) is 0 Å². The molecule has 1 aromatic rings. The highest BCUT2D eigenvalue weighted by Gasteiger charge is 2.12. The molecular weight excluding hydrogens is 177 g/mol. The monoisotopic (exact) mass is 185 g/mol. The SMILES string of the molecule is COc1cc(OC)c(F)c(C=O)n1. The number of nitrogens with zero attached hydrogens (tertiary/aromatic N) is 1. The molecule has 0 saturated heterocycles. The molecule has 13 heavy (non-hydrogen) atoms. The van der Waals surface area contributed by atoms with Crippen LogP contribution in [0.15, 0.2) is 6.07 Å². The number of carbonyl (C=O) groups is 1. The zero-order chi connectivity index (χ0) is 9.84. The second kappa shape index (κ2) is 3.84. The van der Waals surface area contributed by atoms with Crippen LogP contribution in [0, 0.1) is 5.82 Å². The topological polar surface area (TPSA) is 48.4 Å². The molecule has 1 rings (SSSR count). The van der Waals surface area contributed by atoms with Gasteiger partial charge in [0.1, 0.15) is 5.69 Å². The first-order valence-electron chi connectivity index (χ1n) is 3.46. The number of methoxy groups -OCH3 is 2. The third kappa shape index (κ3) is 1.74. The highest BCUT2D eigenvalue weighted by Crippen LogP contribution is 2.22. The predicted octanol–water partition coefficient (Wildman–Crippen LogP) is 1.05. The molecule has 5 heteroatoms. The van der Waals surface area contributed by atoms with Gasteiger partial charge in [0.2, 0.25) is 5.88 Å². The summed E-state index contributed by atoms with van der Waals surface area (Å²) in [6.07, 6.45) is 0.306. The van der Waals surface area contributed by atoms with Crippen molar-refractivity contribution in [2.24, 2.45) is 0 Å². The molecule has 0 fully saturated rings. The Labute approximate surface area is 74.3 Å². The maximum atomic E-state index is 13.1. The van der Waals surface area contributed by atoms with Crippen LogP contribution in [0.5, 0.6) is 11.6 Å². The highest BCUT2D eigenvalue weighted by atomic mass is 19.1. The Kier molecular flexibility index (Phi) is 2.79. The fraction of sp³-hybridized carbons (Fsp3) is 0.250. The van der Waals surface area contributed by atoms with Gasteiger partial charge in [0.05, 0.1) is 14.2 Å². The molecule has 0 aromatic carbocycles. The number of hydrogen-bond donors (Lipinski definition) is 0. The van der Waals surface area contributed by atoms with E-state index in [0.29, 0.717) is 6.29 Å². The lowest BCUT2D eigenvalue weighted by molar-refractivity contribution is 0.111. The molecule has 0 unspecified atom stereocenters. The van der Waals surface area contributed by atoms with Gasteiger partial charge in [0.25, 0.3) is 0 Å². The number of pyridine rings is 1. The fourth-order valence-corrected chi connectivity index (χ4v) is 0.833. The van der Waals surface area contributed by atoms with E-state index in [-0.39, 0.29) is 17.3 Å². The summed E-state index contributed by atoms with van der Waals surface area (Å²) in [4.78, 5) is 13.9. The van der Waals surface area contributed by atoms with Crippen molar-refractivity contribution >= 4 is 6.29 Å².